The number of amides is 1. The van der Waals surface area contributed by atoms with Crippen LogP contribution in [0.2, 0.25) is 0 Å². The standard InChI is InChI=1S/C15H17NO/c17-15(16-12-7-2-1-3-8-12)14-10-11-6-4-5-9-13(11)14/h1-3,7-8,10-11,13H,4-6,9H2,(H,16,17). The SMILES string of the molecule is O=C(Nc1ccccc1)C1=CC2CCCCC12. The van der Waals surface area contributed by atoms with Gasteiger partial charge in [-0.05, 0) is 36.8 Å². The van der Waals surface area contributed by atoms with Gasteiger partial charge in [-0.1, -0.05) is 37.1 Å². The molecule has 2 unspecified atom stereocenters. The molecule has 1 aromatic carbocycles. The van der Waals surface area contributed by atoms with Crippen LogP contribution in [0.5, 0.6) is 0 Å². The first-order valence-corrected chi connectivity index (χ1v) is 6.43. The molecule has 0 aromatic heterocycles. The van der Waals surface area contributed by atoms with Crippen molar-refractivity contribution >= 4 is 11.6 Å². The molecule has 0 spiro atoms. The van der Waals surface area contributed by atoms with Crippen LogP contribution >= 0.6 is 0 Å². The van der Waals surface area contributed by atoms with Crippen molar-refractivity contribution in [2.45, 2.75) is 25.7 Å². The largest absolute Gasteiger partial charge is 0.322 e. The summed E-state index contributed by atoms with van der Waals surface area (Å²) in [6.45, 7) is 0. The molecule has 3 rings (SSSR count). The zero-order chi connectivity index (χ0) is 11.7. The Morgan fingerprint density at radius 2 is 1.88 bits per heavy atom. The van der Waals surface area contributed by atoms with Crippen LogP contribution in [0.15, 0.2) is 42.0 Å². The molecule has 2 atom stereocenters. The average Bonchev–Trinajstić information content (AvgIpc) is 2.32. The van der Waals surface area contributed by atoms with E-state index in [4.69, 9.17) is 0 Å². The van der Waals surface area contributed by atoms with E-state index in [1.165, 1.54) is 25.7 Å². The van der Waals surface area contributed by atoms with Gasteiger partial charge >= 0.3 is 0 Å². The summed E-state index contributed by atoms with van der Waals surface area (Å²) in [7, 11) is 0. The summed E-state index contributed by atoms with van der Waals surface area (Å²) in [6, 6.07) is 9.68. The summed E-state index contributed by atoms with van der Waals surface area (Å²) in [5.74, 6) is 1.31. The Hall–Kier alpha value is -1.57. The molecular formula is C15H17NO. The first kappa shape index (κ1) is 10.6. The van der Waals surface area contributed by atoms with Gasteiger partial charge in [0.25, 0.3) is 5.91 Å². The molecule has 2 heteroatoms. The molecule has 1 amide bonds. The third kappa shape index (κ3) is 1.99. The normalized spacial score (nSPS) is 26.5. The lowest BCUT2D eigenvalue weighted by molar-refractivity contribution is -0.114. The first-order valence-electron chi connectivity index (χ1n) is 6.43. The van der Waals surface area contributed by atoms with Gasteiger partial charge in [0.15, 0.2) is 0 Å². The van der Waals surface area contributed by atoms with Crippen molar-refractivity contribution in [1.29, 1.82) is 0 Å². The highest BCUT2D eigenvalue weighted by Gasteiger charge is 2.37. The van der Waals surface area contributed by atoms with Crippen molar-refractivity contribution in [3.05, 3.63) is 42.0 Å². The molecule has 2 aliphatic carbocycles. The fourth-order valence-electron chi connectivity index (χ4n) is 2.95. The predicted molar refractivity (Wildman–Crippen MR) is 68.6 cm³/mol. The molecule has 2 aliphatic rings. The van der Waals surface area contributed by atoms with Crippen LogP contribution in [-0.2, 0) is 4.79 Å². The van der Waals surface area contributed by atoms with Crippen molar-refractivity contribution in [2.75, 3.05) is 5.32 Å². The predicted octanol–water partition coefficient (Wildman–Crippen LogP) is 3.37. The highest BCUT2D eigenvalue weighted by atomic mass is 16.1. The molecule has 0 aliphatic heterocycles. The van der Waals surface area contributed by atoms with E-state index in [9.17, 15) is 4.79 Å². The van der Waals surface area contributed by atoms with E-state index in [1.807, 2.05) is 30.3 Å². The topological polar surface area (TPSA) is 29.1 Å². The quantitative estimate of drug-likeness (QED) is 0.824. The molecule has 0 radical (unpaired) electrons. The molecular weight excluding hydrogens is 210 g/mol. The smallest absolute Gasteiger partial charge is 0.251 e. The summed E-state index contributed by atoms with van der Waals surface area (Å²) < 4.78 is 0. The number of carbonyl (C=O) groups is 1. The fourth-order valence-corrected chi connectivity index (χ4v) is 2.95. The number of fused-ring (bicyclic) bond motifs is 1. The third-order valence-electron chi connectivity index (χ3n) is 3.91. The number of rotatable bonds is 2. The van der Waals surface area contributed by atoms with Crippen LogP contribution in [-0.4, -0.2) is 5.91 Å². The first-order chi connectivity index (χ1) is 8.34. The lowest BCUT2D eigenvalue weighted by Crippen LogP contribution is -2.34. The van der Waals surface area contributed by atoms with Crippen LogP contribution in [0.3, 0.4) is 0 Å². The maximum atomic E-state index is 12.1. The Kier molecular flexibility index (Phi) is 2.71. The van der Waals surface area contributed by atoms with E-state index in [2.05, 4.69) is 11.4 Å². The van der Waals surface area contributed by atoms with Crippen LogP contribution in [0.1, 0.15) is 25.7 Å². The minimum Gasteiger partial charge on any atom is -0.322 e. The van der Waals surface area contributed by atoms with Crippen molar-refractivity contribution in [3.8, 4) is 0 Å². The molecule has 1 aromatic rings. The van der Waals surface area contributed by atoms with E-state index in [-0.39, 0.29) is 5.91 Å². The van der Waals surface area contributed by atoms with E-state index in [0.717, 1.165) is 11.3 Å². The van der Waals surface area contributed by atoms with Crippen molar-refractivity contribution in [2.24, 2.45) is 11.8 Å². The van der Waals surface area contributed by atoms with E-state index in [0.29, 0.717) is 11.8 Å². The second-order valence-electron chi connectivity index (χ2n) is 5.00. The second kappa shape index (κ2) is 4.36. The average molecular weight is 227 g/mol. The summed E-state index contributed by atoms with van der Waals surface area (Å²) in [5.41, 5.74) is 1.90. The molecule has 1 saturated carbocycles. The monoisotopic (exact) mass is 227 g/mol. The molecule has 88 valence electrons. The summed E-state index contributed by atoms with van der Waals surface area (Å²) in [6.07, 6.45) is 7.23. The van der Waals surface area contributed by atoms with E-state index >= 15 is 0 Å². The summed E-state index contributed by atoms with van der Waals surface area (Å²) in [4.78, 5) is 12.1. The van der Waals surface area contributed by atoms with Crippen LogP contribution < -0.4 is 5.32 Å². The van der Waals surface area contributed by atoms with E-state index in [1.54, 1.807) is 0 Å². The molecule has 0 bridgehead atoms. The van der Waals surface area contributed by atoms with Crippen molar-refractivity contribution in [1.82, 2.24) is 0 Å². The van der Waals surface area contributed by atoms with Gasteiger partial charge in [-0.25, -0.2) is 0 Å². The molecule has 2 nitrogen and oxygen atoms in total. The van der Waals surface area contributed by atoms with Gasteiger partial charge in [-0.2, -0.15) is 0 Å². The highest BCUT2D eigenvalue weighted by molar-refractivity contribution is 6.05. The third-order valence-corrected chi connectivity index (χ3v) is 3.91. The van der Waals surface area contributed by atoms with Crippen LogP contribution in [0.25, 0.3) is 0 Å². The molecule has 17 heavy (non-hydrogen) atoms. The van der Waals surface area contributed by atoms with Crippen molar-refractivity contribution < 1.29 is 4.79 Å². The maximum Gasteiger partial charge on any atom is 0.251 e. The Labute approximate surface area is 102 Å². The van der Waals surface area contributed by atoms with Gasteiger partial charge in [0, 0.05) is 11.3 Å². The lowest BCUT2D eigenvalue weighted by atomic mass is 9.66. The number of hydrogen-bond donors (Lipinski definition) is 1. The number of anilines is 1. The Bertz CT molecular complexity index is 449. The molecule has 0 saturated heterocycles. The van der Waals surface area contributed by atoms with Gasteiger partial charge in [0.2, 0.25) is 0 Å². The number of hydrogen-bond acceptors (Lipinski definition) is 1. The molecule has 0 heterocycles. The molecule has 1 fully saturated rings. The van der Waals surface area contributed by atoms with Gasteiger partial charge in [0.1, 0.15) is 0 Å². The van der Waals surface area contributed by atoms with Crippen LogP contribution in [0, 0.1) is 11.8 Å². The van der Waals surface area contributed by atoms with E-state index < -0.39 is 0 Å². The van der Waals surface area contributed by atoms with Gasteiger partial charge < -0.3 is 5.32 Å². The van der Waals surface area contributed by atoms with Crippen LogP contribution in [0.4, 0.5) is 5.69 Å². The fraction of sp³-hybridized carbons (Fsp3) is 0.400. The number of carbonyl (C=O) groups excluding carboxylic acids is 1. The van der Waals surface area contributed by atoms with Gasteiger partial charge in [-0.15, -0.1) is 0 Å². The summed E-state index contributed by atoms with van der Waals surface area (Å²) in [5, 5.41) is 2.97. The molecule has 1 N–H and O–H groups in total. The minimum atomic E-state index is 0.0966. The minimum absolute atomic E-state index is 0.0966. The Morgan fingerprint density at radius 3 is 2.65 bits per heavy atom. The number of benzene rings is 1. The maximum absolute atomic E-state index is 12.1. The highest BCUT2D eigenvalue weighted by Crippen LogP contribution is 2.44. The van der Waals surface area contributed by atoms with Crippen molar-refractivity contribution in [3.63, 3.8) is 0 Å². The summed E-state index contributed by atoms with van der Waals surface area (Å²) >= 11 is 0. The van der Waals surface area contributed by atoms with Gasteiger partial charge in [0.05, 0.1) is 0 Å². The number of allylic oxidation sites excluding steroid dienone is 1. The Morgan fingerprint density at radius 1 is 1.12 bits per heavy atom. The lowest BCUT2D eigenvalue weighted by Gasteiger charge is -2.38. The number of para-hydroxylation sites is 1. The zero-order valence-electron chi connectivity index (χ0n) is 9.86. The zero-order valence-corrected chi connectivity index (χ0v) is 9.86. The second-order valence-corrected chi connectivity index (χ2v) is 5.00. The Balaban J connectivity index is 1.68. The van der Waals surface area contributed by atoms with Gasteiger partial charge in [-0.3, -0.25) is 4.79 Å². The number of nitrogens with one attached hydrogen (secondary N) is 1.